The summed E-state index contributed by atoms with van der Waals surface area (Å²) in [6.45, 7) is 0.332. The van der Waals surface area contributed by atoms with E-state index in [1.807, 2.05) is 30.3 Å². The Kier molecular flexibility index (Phi) is 5.89. The SMILES string of the molecule is COc1ccc(C#CCNC(=O)OCc2ccccc2)c(O)c1. The van der Waals surface area contributed by atoms with Gasteiger partial charge in [-0.15, -0.1) is 0 Å². The maximum absolute atomic E-state index is 11.5. The van der Waals surface area contributed by atoms with Crippen LogP contribution in [0.1, 0.15) is 11.1 Å². The number of nitrogens with one attached hydrogen (secondary N) is 1. The summed E-state index contributed by atoms with van der Waals surface area (Å²) >= 11 is 0. The standard InChI is InChI=1S/C18H17NO4/c1-22-16-10-9-15(17(20)12-16)8-5-11-19-18(21)23-13-14-6-3-2-4-7-14/h2-4,6-7,9-10,12,20H,11,13H2,1H3,(H,19,21). The highest BCUT2D eigenvalue weighted by molar-refractivity contribution is 5.67. The molecule has 0 aliphatic heterocycles. The number of methoxy groups -OCH3 is 1. The molecule has 0 heterocycles. The highest BCUT2D eigenvalue weighted by atomic mass is 16.5. The first kappa shape index (κ1) is 16.2. The highest BCUT2D eigenvalue weighted by Gasteiger charge is 2.01. The van der Waals surface area contributed by atoms with Gasteiger partial charge in [-0.3, -0.25) is 0 Å². The van der Waals surface area contributed by atoms with E-state index in [2.05, 4.69) is 17.2 Å². The van der Waals surface area contributed by atoms with Crippen LogP contribution in [0, 0.1) is 11.8 Å². The molecule has 2 rings (SSSR count). The second-order valence-corrected chi connectivity index (χ2v) is 4.60. The number of carbonyl (C=O) groups is 1. The molecule has 118 valence electrons. The van der Waals surface area contributed by atoms with Crippen molar-refractivity contribution in [1.82, 2.24) is 5.32 Å². The van der Waals surface area contributed by atoms with Crippen molar-refractivity contribution in [2.45, 2.75) is 6.61 Å². The smallest absolute Gasteiger partial charge is 0.408 e. The minimum absolute atomic E-state index is 0.0310. The van der Waals surface area contributed by atoms with Crippen LogP contribution in [0.2, 0.25) is 0 Å². The summed E-state index contributed by atoms with van der Waals surface area (Å²) in [5, 5.41) is 12.3. The zero-order valence-corrected chi connectivity index (χ0v) is 12.7. The lowest BCUT2D eigenvalue weighted by atomic mass is 10.2. The van der Waals surface area contributed by atoms with Crippen LogP contribution < -0.4 is 10.1 Å². The number of aromatic hydroxyl groups is 1. The predicted molar refractivity (Wildman–Crippen MR) is 86.2 cm³/mol. The van der Waals surface area contributed by atoms with Crippen LogP contribution in [-0.2, 0) is 11.3 Å². The lowest BCUT2D eigenvalue weighted by molar-refractivity contribution is 0.141. The average molecular weight is 311 g/mol. The number of hydrogen-bond acceptors (Lipinski definition) is 4. The lowest BCUT2D eigenvalue weighted by Gasteiger charge is -2.04. The van der Waals surface area contributed by atoms with Crippen LogP contribution in [0.4, 0.5) is 4.79 Å². The van der Waals surface area contributed by atoms with Crippen LogP contribution in [0.25, 0.3) is 0 Å². The molecule has 0 fully saturated rings. The third kappa shape index (κ3) is 5.29. The van der Waals surface area contributed by atoms with Gasteiger partial charge in [0.1, 0.15) is 18.1 Å². The zero-order chi connectivity index (χ0) is 16.5. The fourth-order valence-corrected chi connectivity index (χ4v) is 1.77. The van der Waals surface area contributed by atoms with Crippen molar-refractivity contribution in [3.8, 4) is 23.3 Å². The first-order chi connectivity index (χ1) is 11.2. The van der Waals surface area contributed by atoms with Crippen molar-refractivity contribution < 1.29 is 19.4 Å². The number of carbonyl (C=O) groups excluding carboxylic acids is 1. The van der Waals surface area contributed by atoms with Gasteiger partial charge in [0.25, 0.3) is 0 Å². The average Bonchev–Trinajstić information content (AvgIpc) is 2.58. The Balaban J connectivity index is 1.78. The Morgan fingerprint density at radius 2 is 2.00 bits per heavy atom. The highest BCUT2D eigenvalue weighted by Crippen LogP contribution is 2.22. The number of phenols is 1. The van der Waals surface area contributed by atoms with Crippen molar-refractivity contribution in [3.63, 3.8) is 0 Å². The molecule has 0 atom stereocenters. The molecule has 0 aliphatic rings. The molecule has 23 heavy (non-hydrogen) atoms. The van der Waals surface area contributed by atoms with Crippen molar-refractivity contribution in [3.05, 3.63) is 59.7 Å². The molecule has 0 aromatic heterocycles. The first-order valence-electron chi connectivity index (χ1n) is 6.99. The largest absolute Gasteiger partial charge is 0.507 e. The molecule has 2 aromatic carbocycles. The molecule has 0 saturated heterocycles. The molecule has 0 spiro atoms. The van der Waals surface area contributed by atoms with Crippen molar-refractivity contribution in [2.24, 2.45) is 0 Å². The van der Waals surface area contributed by atoms with Gasteiger partial charge in [0.2, 0.25) is 0 Å². The lowest BCUT2D eigenvalue weighted by Crippen LogP contribution is -2.24. The normalized spacial score (nSPS) is 9.43. The van der Waals surface area contributed by atoms with Gasteiger partial charge in [-0.1, -0.05) is 42.2 Å². The Hall–Kier alpha value is -3.13. The Labute approximate surface area is 134 Å². The van der Waals surface area contributed by atoms with Gasteiger partial charge in [0.15, 0.2) is 0 Å². The minimum Gasteiger partial charge on any atom is -0.507 e. The summed E-state index contributed by atoms with van der Waals surface area (Å²) in [6, 6.07) is 14.2. The summed E-state index contributed by atoms with van der Waals surface area (Å²) in [5.41, 5.74) is 1.38. The molecule has 2 N–H and O–H groups in total. The van der Waals surface area contributed by atoms with E-state index in [-0.39, 0.29) is 18.9 Å². The first-order valence-corrected chi connectivity index (χ1v) is 6.99. The topological polar surface area (TPSA) is 67.8 Å². The summed E-state index contributed by atoms with van der Waals surface area (Å²) in [4.78, 5) is 11.5. The van der Waals surface area contributed by atoms with Gasteiger partial charge < -0.3 is 19.9 Å². The Bertz CT molecular complexity index is 717. The van der Waals surface area contributed by atoms with E-state index in [4.69, 9.17) is 9.47 Å². The number of alkyl carbamates (subject to hydrolysis) is 1. The summed E-state index contributed by atoms with van der Waals surface area (Å²) in [6.07, 6.45) is -0.540. The zero-order valence-electron chi connectivity index (χ0n) is 12.7. The second-order valence-electron chi connectivity index (χ2n) is 4.60. The fourth-order valence-electron chi connectivity index (χ4n) is 1.77. The van der Waals surface area contributed by atoms with E-state index in [1.165, 1.54) is 13.2 Å². The van der Waals surface area contributed by atoms with E-state index < -0.39 is 6.09 Å². The van der Waals surface area contributed by atoms with Crippen LogP contribution in [0.3, 0.4) is 0 Å². The molecule has 0 saturated carbocycles. The summed E-state index contributed by atoms with van der Waals surface area (Å²) in [5.74, 6) is 6.10. The fraction of sp³-hybridized carbons (Fsp3) is 0.167. The van der Waals surface area contributed by atoms with Crippen LogP contribution >= 0.6 is 0 Å². The van der Waals surface area contributed by atoms with Gasteiger partial charge in [-0.05, 0) is 17.7 Å². The minimum atomic E-state index is -0.540. The van der Waals surface area contributed by atoms with Gasteiger partial charge >= 0.3 is 6.09 Å². The van der Waals surface area contributed by atoms with Gasteiger partial charge in [-0.2, -0.15) is 0 Å². The number of ether oxygens (including phenoxy) is 2. The summed E-state index contributed by atoms with van der Waals surface area (Å²) in [7, 11) is 1.52. The predicted octanol–water partition coefficient (Wildman–Crippen LogP) is 2.68. The van der Waals surface area contributed by atoms with E-state index in [0.717, 1.165) is 5.56 Å². The molecule has 0 bridgehead atoms. The maximum Gasteiger partial charge on any atom is 0.408 e. The van der Waals surface area contributed by atoms with E-state index in [0.29, 0.717) is 11.3 Å². The molecule has 0 unspecified atom stereocenters. The van der Waals surface area contributed by atoms with Crippen molar-refractivity contribution in [1.29, 1.82) is 0 Å². The Morgan fingerprint density at radius 1 is 1.22 bits per heavy atom. The van der Waals surface area contributed by atoms with Gasteiger partial charge in [0.05, 0.1) is 19.2 Å². The van der Waals surface area contributed by atoms with Gasteiger partial charge in [0, 0.05) is 6.07 Å². The molecule has 5 nitrogen and oxygen atoms in total. The van der Waals surface area contributed by atoms with E-state index in [1.54, 1.807) is 12.1 Å². The van der Waals surface area contributed by atoms with Crippen LogP contribution in [0.15, 0.2) is 48.5 Å². The Morgan fingerprint density at radius 3 is 2.70 bits per heavy atom. The number of hydrogen-bond donors (Lipinski definition) is 2. The number of rotatable bonds is 4. The van der Waals surface area contributed by atoms with Crippen molar-refractivity contribution in [2.75, 3.05) is 13.7 Å². The molecule has 0 radical (unpaired) electrons. The number of phenolic OH excluding ortho intramolecular Hbond substituents is 1. The maximum atomic E-state index is 11.5. The van der Waals surface area contributed by atoms with Crippen LogP contribution in [-0.4, -0.2) is 24.9 Å². The van der Waals surface area contributed by atoms with E-state index >= 15 is 0 Å². The van der Waals surface area contributed by atoms with Gasteiger partial charge in [-0.25, -0.2) is 4.79 Å². The van der Waals surface area contributed by atoms with Crippen LogP contribution in [0.5, 0.6) is 11.5 Å². The summed E-state index contributed by atoms with van der Waals surface area (Å²) < 4.78 is 10.0. The van der Waals surface area contributed by atoms with E-state index in [9.17, 15) is 9.90 Å². The third-order valence-electron chi connectivity index (χ3n) is 2.96. The molecule has 2 aromatic rings. The van der Waals surface area contributed by atoms with Crippen molar-refractivity contribution >= 4 is 6.09 Å². The number of benzene rings is 2. The quantitative estimate of drug-likeness (QED) is 0.852. The molecular weight excluding hydrogens is 294 g/mol. The molecule has 0 aliphatic carbocycles. The molecule has 5 heteroatoms. The number of amides is 1. The second kappa shape index (κ2) is 8.35. The molecule has 1 amide bonds. The monoisotopic (exact) mass is 311 g/mol. The molecular formula is C18H17NO4. The third-order valence-corrected chi connectivity index (χ3v) is 2.96.